The monoisotopic (exact) mass is 347 g/mol. The van der Waals surface area contributed by atoms with E-state index in [1.807, 2.05) is 0 Å². The van der Waals surface area contributed by atoms with Crippen LogP contribution in [0.1, 0.15) is 90.9 Å². The second-order valence-electron chi connectivity index (χ2n) is 8.58. The molecule has 0 amide bonds. The third-order valence-corrected chi connectivity index (χ3v) is 9.53. The topological polar surface area (TPSA) is 12.0 Å². The van der Waals surface area contributed by atoms with Crippen LogP contribution in [0.2, 0.25) is 13.1 Å². The Morgan fingerprint density at radius 3 is 1.88 bits per heavy atom. The summed E-state index contributed by atoms with van der Waals surface area (Å²) >= 11 is 0. The maximum atomic E-state index is 4.26. The van der Waals surface area contributed by atoms with E-state index in [9.17, 15) is 0 Å². The lowest BCUT2D eigenvalue weighted by Crippen LogP contribution is -2.58. The highest BCUT2D eigenvalue weighted by Crippen LogP contribution is 2.32. The summed E-state index contributed by atoms with van der Waals surface area (Å²) in [6, 6.07) is 0.526. The highest BCUT2D eigenvalue weighted by atomic mass is 28.3. The molecule has 0 radical (unpaired) electrons. The average Bonchev–Trinajstić information content (AvgIpc) is 2.90. The first-order valence-corrected chi connectivity index (χ1v) is 13.6. The highest BCUT2D eigenvalue weighted by molar-refractivity contribution is 6.59. The number of allylic oxidation sites excluding steroid dienone is 2. The molecule has 1 fully saturated rings. The first-order chi connectivity index (χ1) is 11.6. The van der Waals surface area contributed by atoms with Crippen molar-refractivity contribution in [1.29, 1.82) is 0 Å². The van der Waals surface area contributed by atoms with Crippen molar-refractivity contribution in [2.24, 2.45) is 0 Å². The van der Waals surface area contributed by atoms with Crippen molar-refractivity contribution in [3.63, 3.8) is 0 Å². The summed E-state index contributed by atoms with van der Waals surface area (Å²) in [4.78, 5) is 0. The van der Waals surface area contributed by atoms with Crippen molar-refractivity contribution < 1.29 is 0 Å². The van der Waals surface area contributed by atoms with Gasteiger partial charge >= 0.3 is 0 Å². The molecule has 0 spiro atoms. The molecule has 0 aliphatic heterocycles. The minimum absolute atomic E-state index is 0.456. The van der Waals surface area contributed by atoms with E-state index < -0.39 is 8.80 Å². The third-order valence-electron chi connectivity index (χ3n) is 6.58. The van der Waals surface area contributed by atoms with Crippen LogP contribution >= 0.6 is 0 Å². The largest absolute Gasteiger partial charge is 0.304 e. The van der Waals surface area contributed by atoms with E-state index in [1.165, 1.54) is 82.6 Å². The van der Waals surface area contributed by atoms with Crippen LogP contribution < -0.4 is 5.32 Å². The van der Waals surface area contributed by atoms with Crippen LogP contribution in [0.15, 0.2) is 23.3 Å². The number of rotatable bonds is 4. The molecule has 0 aromatic heterocycles. The molecular formula is C22H41NSi. The Bertz CT molecular complexity index is 423. The lowest BCUT2D eigenvalue weighted by molar-refractivity contribution is 0.339. The molecule has 1 unspecified atom stereocenters. The van der Waals surface area contributed by atoms with E-state index in [2.05, 4.69) is 44.4 Å². The van der Waals surface area contributed by atoms with Gasteiger partial charge in [0.05, 0.1) is 8.80 Å². The van der Waals surface area contributed by atoms with E-state index in [0.717, 1.165) is 0 Å². The van der Waals surface area contributed by atoms with Crippen LogP contribution in [-0.4, -0.2) is 20.0 Å². The van der Waals surface area contributed by atoms with Gasteiger partial charge in [-0.2, -0.15) is 0 Å². The Morgan fingerprint density at radius 2 is 1.42 bits per heavy atom. The summed E-state index contributed by atoms with van der Waals surface area (Å²) in [5.74, 6) is 0. The lowest BCUT2D eigenvalue weighted by atomic mass is 9.94. The van der Waals surface area contributed by atoms with Crippen LogP contribution in [0.4, 0.5) is 0 Å². The minimum atomic E-state index is -0.785. The molecule has 0 aromatic carbocycles. The maximum Gasteiger partial charge on any atom is 0.0545 e. The van der Waals surface area contributed by atoms with E-state index in [4.69, 9.17) is 0 Å². The summed E-state index contributed by atoms with van der Waals surface area (Å²) in [5, 5.41) is 4.71. The van der Waals surface area contributed by atoms with Gasteiger partial charge in [0.2, 0.25) is 0 Å². The van der Waals surface area contributed by atoms with Crippen molar-refractivity contribution >= 4 is 8.80 Å². The van der Waals surface area contributed by atoms with Crippen LogP contribution in [0.5, 0.6) is 0 Å². The molecule has 0 saturated heterocycles. The van der Waals surface area contributed by atoms with Crippen LogP contribution in [0.3, 0.4) is 0 Å². The smallest absolute Gasteiger partial charge is 0.0545 e. The normalized spacial score (nSPS) is 26.5. The summed E-state index contributed by atoms with van der Waals surface area (Å²) in [7, 11) is -0.785. The Balaban J connectivity index is 2.11. The zero-order valence-corrected chi connectivity index (χ0v) is 17.9. The zero-order valence-electron chi connectivity index (χ0n) is 16.8. The van der Waals surface area contributed by atoms with Gasteiger partial charge in [0.15, 0.2) is 0 Å². The number of hydrogen-bond acceptors (Lipinski definition) is 1. The molecule has 0 bridgehead atoms. The van der Waals surface area contributed by atoms with Gasteiger partial charge in [-0.1, -0.05) is 95.5 Å². The number of nitrogens with one attached hydrogen (secondary N) is 1. The fourth-order valence-electron chi connectivity index (χ4n) is 4.67. The summed E-state index contributed by atoms with van der Waals surface area (Å²) in [5.41, 5.74) is 3.14. The lowest BCUT2D eigenvalue weighted by Gasteiger charge is -2.42. The third kappa shape index (κ3) is 5.33. The Labute approximate surface area is 153 Å². The molecule has 2 aliphatic rings. The molecule has 2 rings (SSSR count). The van der Waals surface area contributed by atoms with Gasteiger partial charge < -0.3 is 5.32 Å². The molecule has 2 aliphatic carbocycles. The second kappa shape index (κ2) is 9.96. The molecule has 0 heterocycles. The van der Waals surface area contributed by atoms with E-state index in [-0.39, 0.29) is 0 Å². The van der Waals surface area contributed by atoms with E-state index in [0.29, 0.717) is 11.2 Å². The average molecular weight is 348 g/mol. The van der Waals surface area contributed by atoms with Crippen molar-refractivity contribution in [1.82, 2.24) is 5.32 Å². The van der Waals surface area contributed by atoms with Gasteiger partial charge in [-0.25, -0.2) is 0 Å². The van der Waals surface area contributed by atoms with Crippen molar-refractivity contribution in [3.05, 3.63) is 23.3 Å². The molecule has 2 heteroatoms. The molecular weight excluding hydrogens is 306 g/mol. The molecule has 1 atom stereocenters. The Hall–Kier alpha value is -0.343. The molecule has 24 heavy (non-hydrogen) atoms. The van der Waals surface area contributed by atoms with Gasteiger partial charge in [0.25, 0.3) is 0 Å². The quantitative estimate of drug-likeness (QED) is 0.587. The van der Waals surface area contributed by atoms with E-state index >= 15 is 0 Å². The second-order valence-corrected chi connectivity index (χ2v) is 12.0. The van der Waals surface area contributed by atoms with Crippen LogP contribution in [0, 0.1) is 0 Å². The van der Waals surface area contributed by atoms with Crippen molar-refractivity contribution in [3.8, 4) is 0 Å². The first-order valence-electron chi connectivity index (χ1n) is 10.7. The number of hydrogen-bond donors (Lipinski definition) is 1. The Kier molecular flexibility index (Phi) is 8.29. The molecule has 1 saturated carbocycles. The predicted octanol–water partition coefficient (Wildman–Crippen LogP) is 6.31. The minimum Gasteiger partial charge on any atom is -0.304 e. The van der Waals surface area contributed by atoms with Crippen LogP contribution in [-0.2, 0) is 0 Å². The molecule has 138 valence electrons. The van der Waals surface area contributed by atoms with Crippen molar-refractivity contribution in [2.45, 2.75) is 115 Å². The van der Waals surface area contributed by atoms with Gasteiger partial charge in [0.1, 0.15) is 0 Å². The maximum absolute atomic E-state index is 4.26. The highest BCUT2D eigenvalue weighted by Gasteiger charge is 2.37. The summed E-state index contributed by atoms with van der Waals surface area (Å²) in [6.07, 6.45) is 21.8. The SMILES string of the molecule is CCC1=CC=C(C)C1NC1([SiH](C)C)CCCCCCCCCCC1. The van der Waals surface area contributed by atoms with Crippen molar-refractivity contribution in [2.75, 3.05) is 0 Å². The van der Waals surface area contributed by atoms with Gasteiger partial charge in [-0.15, -0.1) is 0 Å². The van der Waals surface area contributed by atoms with Crippen LogP contribution in [0.25, 0.3) is 0 Å². The first kappa shape index (κ1) is 20.0. The fraction of sp³-hybridized carbons (Fsp3) is 0.818. The standard InChI is InChI=1S/C22H41NSi/c1-5-20-16-15-19(2)21(20)23-22(24(3)4)17-13-11-9-7-6-8-10-12-14-18-22/h15-16,21,23-24H,5-14,17-18H2,1-4H3. The summed E-state index contributed by atoms with van der Waals surface area (Å²) < 4.78 is 0. The zero-order chi connectivity index (χ0) is 17.4. The molecule has 1 nitrogen and oxygen atoms in total. The molecule has 0 aromatic rings. The fourth-order valence-corrected chi connectivity index (χ4v) is 6.73. The summed E-state index contributed by atoms with van der Waals surface area (Å²) in [6.45, 7) is 9.81. The van der Waals surface area contributed by atoms with Gasteiger partial charge in [-0.3, -0.25) is 0 Å². The Morgan fingerprint density at radius 1 is 0.917 bits per heavy atom. The van der Waals surface area contributed by atoms with Gasteiger partial charge in [0, 0.05) is 11.2 Å². The van der Waals surface area contributed by atoms with E-state index in [1.54, 1.807) is 5.57 Å². The predicted molar refractivity (Wildman–Crippen MR) is 111 cm³/mol. The molecule has 1 N–H and O–H groups in total. The van der Waals surface area contributed by atoms with Gasteiger partial charge in [-0.05, 0) is 31.8 Å².